The second-order valence-electron chi connectivity index (χ2n) is 0.814. The Labute approximate surface area is 38.1 Å². The van der Waals surface area contributed by atoms with Gasteiger partial charge in [0, 0.05) is 12.6 Å². The molecule has 0 amide bonds. The smallest absolute Gasteiger partial charge is 0.0407 e. The summed E-state index contributed by atoms with van der Waals surface area (Å²) in [6.45, 7) is 4.13. The Kier molecular flexibility index (Phi) is 3.48. The summed E-state index contributed by atoms with van der Waals surface area (Å²) in [6.07, 6.45) is 6.51. The highest BCUT2D eigenvalue weighted by atomic mass is 14.8. The molecule has 0 atom stereocenters. The molecule has 0 aliphatic rings. The van der Waals surface area contributed by atoms with Crippen LogP contribution in [-0.2, 0) is 0 Å². The molecule has 1 nitrogen and oxygen atoms in total. The molecule has 0 radical (unpaired) electrons. The maximum atomic E-state index is 4.81. The SMILES string of the molecule is C#CNCC=C. The van der Waals surface area contributed by atoms with Crippen molar-refractivity contribution in [1.82, 2.24) is 5.32 Å². The molecule has 0 saturated heterocycles. The van der Waals surface area contributed by atoms with Gasteiger partial charge in [-0.15, -0.1) is 6.58 Å². The zero-order chi connectivity index (χ0) is 4.83. The van der Waals surface area contributed by atoms with Crippen molar-refractivity contribution in [3.63, 3.8) is 0 Å². The Balaban J connectivity index is 2.72. The molecule has 0 aliphatic heterocycles. The molecular weight excluding hydrogens is 74.1 g/mol. The summed E-state index contributed by atoms with van der Waals surface area (Å²) in [5.41, 5.74) is 0. The van der Waals surface area contributed by atoms with Crippen LogP contribution in [-0.4, -0.2) is 6.54 Å². The van der Waals surface area contributed by atoms with Gasteiger partial charge in [0.05, 0.1) is 0 Å². The molecule has 1 heteroatoms. The Morgan fingerprint density at radius 1 is 2.00 bits per heavy atom. The van der Waals surface area contributed by atoms with Gasteiger partial charge in [0.2, 0.25) is 0 Å². The van der Waals surface area contributed by atoms with Crippen LogP contribution in [0.3, 0.4) is 0 Å². The number of hydrogen-bond donors (Lipinski definition) is 1. The van der Waals surface area contributed by atoms with E-state index in [0.29, 0.717) is 6.54 Å². The summed E-state index contributed by atoms with van der Waals surface area (Å²) in [7, 11) is 0. The normalized spacial score (nSPS) is 5.83. The lowest BCUT2D eigenvalue weighted by Gasteiger charge is -1.81. The lowest BCUT2D eigenvalue weighted by Crippen LogP contribution is -2.02. The van der Waals surface area contributed by atoms with Gasteiger partial charge in [-0.1, -0.05) is 12.5 Å². The molecule has 32 valence electrons. The second kappa shape index (κ2) is 4.10. The van der Waals surface area contributed by atoms with Crippen LogP contribution in [0.25, 0.3) is 0 Å². The Hall–Kier alpha value is -0.900. The quantitative estimate of drug-likeness (QED) is 0.219. The van der Waals surface area contributed by atoms with Crippen LogP contribution < -0.4 is 5.32 Å². The van der Waals surface area contributed by atoms with Crippen molar-refractivity contribution in [3.05, 3.63) is 12.7 Å². The molecular formula is C5H7N. The summed E-state index contributed by atoms with van der Waals surface area (Å²) >= 11 is 0. The molecule has 0 spiro atoms. The van der Waals surface area contributed by atoms with Crippen molar-refractivity contribution in [2.24, 2.45) is 0 Å². The first-order valence-corrected chi connectivity index (χ1v) is 1.71. The average Bonchev–Trinajstić information content (AvgIpc) is 1.61. The van der Waals surface area contributed by atoms with Gasteiger partial charge < -0.3 is 5.32 Å². The van der Waals surface area contributed by atoms with Crippen LogP contribution in [0.2, 0.25) is 0 Å². The number of hydrogen-bond acceptors (Lipinski definition) is 1. The van der Waals surface area contributed by atoms with Crippen molar-refractivity contribution in [2.75, 3.05) is 6.54 Å². The van der Waals surface area contributed by atoms with E-state index in [0.717, 1.165) is 0 Å². The molecule has 0 aromatic heterocycles. The number of nitrogens with one attached hydrogen (secondary N) is 1. The predicted octanol–water partition coefficient (Wildman–Crippen LogP) is 0.353. The fourth-order valence-electron chi connectivity index (χ4n) is 0.131. The highest BCUT2D eigenvalue weighted by molar-refractivity contribution is 4.84. The average molecular weight is 81.1 g/mol. The van der Waals surface area contributed by atoms with Crippen LogP contribution in [0.1, 0.15) is 0 Å². The van der Waals surface area contributed by atoms with E-state index >= 15 is 0 Å². The molecule has 0 aromatic carbocycles. The zero-order valence-electron chi connectivity index (χ0n) is 3.57. The molecule has 0 aromatic rings. The standard InChI is InChI=1S/C5H7N/c1-3-5-6-4-2/h2-3,6H,1,5H2. The molecule has 0 aliphatic carbocycles. The first kappa shape index (κ1) is 5.10. The van der Waals surface area contributed by atoms with Gasteiger partial charge in [-0.2, -0.15) is 0 Å². The van der Waals surface area contributed by atoms with Gasteiger partial charge in [0.15, 0.2) is 0 Å². The zero-order valence-corrected chi connectivity index (χ0v) is 3.57. The van der Waals surface area contributed by atoms with Crippen LogP contribution in [0.5, 0.6) is 0 Å². The van der Waals surface area contributed by atoms with Gasteiger partial charge in [0.25, 0.3) is 0 Å². The van der Waals surface area contributed by atoms with E-state index < -0.39 is 0 Å². The fourth-order valence-corrected chi connectivity index (χ4v) is 0.131. The fraction of sp³-hybridized carbons (Fsp3) is 0.200. The van der Waals surface area contributed by atoms with E-state index in [1.54, 1.807) is 6.08 Å². The molecule has 0 unspecified atom stereocenters. The van der Waals surface area contributed by atoms with E-state index in [1.165, 1.54) is 0 Å². The lowest BCUT2D eigenvalue weighted by atomic mass is 10.6. The summed E-state index contributed by atoms with van der Waals surface area (Å²) in [5, 5.41) is 2.61. The second-order valence-corrected chi connectivity index (χ2v) is 0.814. The Morgan fingerprint density at radius 3 is 2.83 bits per heavy atom. The summed E-state index contributed by atoms with van der Waals surface area (Å²) in [6, 6.07) is 2.25. The van der Waals surface area contributed by atoms with Crippen molar-refractivity contribution in [2.45, 2.75) is 0 Å². The first-order chi connectivity index (χ1) is 2.91. The van der Waals surface area contributed by atoms with Gasteiger partial charge >= 0.3 is 0 Å². The summed E-state index contributed by atoms with van der Waals surface area (Å²) < 4.78 is 0. The summed E-state index contributed by atoms with van der Waals surface area (Å²) in [4.78, 5) is 0. The van der Waals surface area contributed by atoms with E-state index in [9.17, 15) is 0 Å². The van der Waals surface area contributed by atoms with Gasteiger partial charge in [-0.25, -0.2) is 0 Å². The van der Waals surface area contributed by atoms with Crippen LogP contribution in [0.4, 0.5) is 0 Å². The third-order valence-corrected chi connectivity index (χ3v) is 0.348. The predicted molar refractivity (Wildman–Crippen MR) is 27.0 cm³/mol. The minimum absolute atomic E-state index is 0.691. The molecule has 6 heavy (non-hydrogen) atoms. The van der Waals surface area contributed by atoms with E-state index in [-0.39, 0.29) is 0 Å². The molecule has 0 fully saturated rings. The van der Waals surface area contributed by atoms with E-state index in [2.05, 4.69) is 17.9 Å². The third kappa shape index (κ3) is 3.10. The van der Waals surface area contributed by atoms with Crippen molar-refractivity contribution in [1.29, 1.82) is 0 Å². The topological polar surface area (TPSA) is 12.0 Å². The van der Waals surface area contributed by atoms with Gasteiger partial charge in [-0.05, 0) is 0 Å². The summed E-state index contributed by atoms with van der Waals surface area (Å²) in [5.74, 6) is 0. The molecule has 1 N–H and O–H groups in total. The minimum Gasteiger partial charge on any atom is -0.342 e. The largest absolute Gasteiger partial charge is 0.342 e. The van der Waals surface area contributed by atoms with Crippen LogP contribution >= 0.6 is 0 Å². The molecule has 0 rings (SSSR count). The van der Waals surface area contributed by atoms with E-state index in [1.807, 2.05) is 0 Å². The van der Waals surface area contributed by atoms with E-state index in [4.69, 9.17) is 6.42 Å². The van der Waals surface area contributed by atoms with Crippen molar-refractivity contribution >= 4 is 0 Å². The molecule has 0 bridgehead atoms. The first-order valence-electron chi connectivity index (χ1n) is 1.71. The number of rotatable bonds is 2. The number of terminal acetylenes is 1. The van der Waals surface area contributed by atoms with Gasteiger partial charge in [-0.3, -0.25) is 0 Å². The van der Waals surface area contributed by atoms with Crippen LogP contribution in [0, 0.1) is 12.5 Å². The molecule has 0 saturated carbocycles. The monoisotopic (exact) mass is 81.1 g/mol. The highest BCUT2D eigenvalue weighted by Crippen LogP contribution is 1.51. The van der Waals surface area contributed by atoms with Crippen molar-refractivity contribution < 1.29 is 0 Å². The van der Waals surface area contributed by atoms with Crippen LogP contribution in [0.15, 0.2) is 12.7 Å². The Bertz CT molecular complexity index is 68.5. The third-order valence-electron chi connectivity index (χ3n) is 0.348. The maximum Gasteiger partial charge on any atom is 0.0407 e. The van der Waals surface area contributed by atoms with Gasteiger partial charge in [0.1, 0.15) is 0 Å². The van der Waals surface area contributed by atoms with Crippen molar-refractivity contribution in [3.8, 4) is 12.5 Å². The minimum atomic E-state index is 0.691. The Morgan fingerprint density at radius 2 is 2.67 bits per heavy atom. The highest BCUT2D eigenvalue weighted by Gasteiger charge is 1.59. The molecule has 0 heterocycles. The lowest BCUT2D eigenvalue weighted by molar-refractivity contribution is 1.03. The maximum absolute atomic E-state index is 4.81.